The van der Waals surface area contributed by atoms with Crippen molar-refractivity contribution in [3.63, 3.8) is 0 Å². The molecule has 1 aromatic heterocycles. The Bertz CT molecular complexity index is 1290. The summed E-state index contributed by atoms with van der Waals surface area (Å²) in [6.07, 6.45) is 0. The van der Waals surface area contributed by atoms with Crippen molar-refractivity contribution < 1.29 is 23.6 Å². The van der Waals surface area contributed by atoms with Gasteiger partial charge in [0.15, 0.2) is 23.6 Å². The van der Waals surface area contributed by atoms with Gasteiger partial charge in [0.05, 0.1) is 5.69 Å². The molecule has 2 atom stereocenters. The fourth-order valence-electron chi connectivity index (χ4n) is 3.83. The van der Waals surface area contributed by atoms with E-state index in [1.54, 1.807) is 42.5 Å². The number of imide groups is 1. The highest BCUT2D eigenvalue weighted by atomic mass is 35.5. The second kappa shape index (κ2) is 7.02. The molecule has 1 saturated heterocycles. The third-order valence-electron chi connectivity index (χ3n) is 5.32. The van der Waals surface area contributed by atoms with Gasteiger partial charge < -0.3 is 14.0 Å². The Morgan fingerprint density at radius 2 is 1.94 bits per heavy atom. The lowest BCUT2D eigenvalue weighted by molar-refractivity contribution is -0.123. The minimum Gasteiger partial charge on any atom is -0.454 e. The molecule has 4 heterocycles. The van der Waals surface area contributed by atoms with Crippen molar-refractivity contribution in [3.8, 4) is 22.9 Å². The zero-order valence-electron chi connectivity index (χ0n) is 16.2. The zero-order valence-corrected chi connectivity index (χ0v) is 17.0. The van der Waals surface area contributed by atoms with E-state index in [0.29, 0.717) is 33.6 Å². The number of ether oxygens (including phenoxy) is 2. The molecule has 0 spiro atoms. The van der Waals surface area contributed by atoms with Crippen LogP contribution in [-0.4, -0.2) is 45.8 Å². The highest BCUT2D eigenvalue weighted by Gasteiger charge is 2.55. The Morgan fingerprint density at radius 1 is 1.06 bits per heavy atom. The van der Waals surface area contributed by atoms with Gasteiger partial charge >= 0.3 is 0 Å². The maximum Gasteiger partial charge on any atom is 0.263 e. The van der Waals surface area contributed by atoms with E-state index >= 15 is 0 Å². The van der Waals surface area contributed by atoms with Crippen molar-refractivity contribution in [2.24, 2.45) is 10.3 Å². The Kier molecular flexibility index (Phi) is 4.12. The van der Waals surface area contributed by atoms with Crippen LogP contribution in [0.4, 0.5) is 5.69 Å². The van der Waals surface area contributed by atoms with Crippen molar-refractivity contribution in [2.75, 3.05) is 11.7 Å². The first kappa shape index (κ1) is 18.8. The van der Waals surface area contributed by atoms with E-state index in [9.17, 15) is 9.59 Å². The number of rotatable bonds is 4. The van der Waals surface area contributed by atoms with Gasteiger partial charge in [-0.1, -0.05) is 28.0 Å². The number of hydrogen-bond acceptors (Lipinski definition) is 10. The van der Waals surface area contributed by atoms with Crippen LogP contribution in [0.3, 0.4) is 0 Å². The Balaban J connectivity index is 1.22. The standard InChI is InChI=1S/C20H13ClN6O5/c21-11-2-1-3-12(7-11)27-19(28)16-17(20(27)29)26(25-23-16)8-15-22-18(24-32-15)10-4-5-13-14(6-10)31-9-30-13/h1-7,16-17H,8-9H2/t16-,17-/m0/s1. The number of hydrogen-bond donors (Lipinski definition) is 0. The van der Waals surface area contributed by atoms with Gasteiger partial charge in [0.1, 0.15) is 6.54 Å². The average molecular weight is 453 g/mol. The van der Waals surface area contributed by atoms with Crippen LogP contribution in [0.2, 0.25) is 5.02 Å². The summed E-state index contributed by atoms with van der Waals surface area (Å²) in [5.74, 6) is 0.915. The number of fused-ring (bicyclic) bond motifs is 2. The number of aromatic nitrogens is 2. The summed E-state index contributed by atoms with van der Waals surface area (Å²) < 4.78 is 16.0. The fourth-order valence-corrected chi connectivity index (χ4v) is 4.02. The van der Waals surface area contributed by atoms with Gasteiger partial charge in [0.25, 0.3) is 11.8 Å². The number of anilines is 1. The van der Waals surface area contributed by atoms with Crippen LogP contribution in [0.5, 0.6) is 11.5 Å². The molecule has 1 fully saturated rings. The van der Waals surface area contributed by atoms with Gasteiger partial charge in [0.2, 0.25) is 18.5 Å². The molecule has 6 rings (SSSR count). The van der Waals surface area contributed by atoms with Crippen molar-refractivity contribution in [1.82, 2.24) is 15.1 Å². The minimum atomic E-state index is -0.933. The molecule has 0 aliphatic carbocycles. The summed E-state index contributed by atoms with van der Waals surface area (Å²) in [5.41, 5.74) is 1.07. The maximum absolute atomic E-state index is 13.1. The molecule has 32 heavy (non-hydrogen) atoms. The third-order valence-corrected chi connectivity index (χ3v) is 5.56. The van der Waals surface area contributed by atoms with Crippen LogP contribution >= 0.6 is 11.6 Å². The Hall–Kier alpha value is -3.99. The summed E-state index contributed by atoms with van der Waals surface area (Å²) >= 11 is 6.02. The number of halogens is 1. The topological polar surface area (TPSA) is 123 Å². The quantitative estimate of drug-likeness (QED) is 0.553. The van der Waals surface area contributed by atoms with Gasteiger partial charge in [0, 0.05) is 10.6 Å². The first-order valence-electron chi connectivity index (χ1n) is 9.62. The molecule has 0 bridgehead atoms. The van der Waals surface area contributed by atoms with Crippen molar-refractivity contribution in [3.05, 3.63) is 53.4 Å². The first-order valence-corrected chi connectivity index (χ1v) is 10.00. The van der Waals surface area contributed by atoms with E-state index in [-0.39, 0.29) is 19.2 Å². The molecule has 0 saturated carbocycles. The third kappa shape index (κ3) is 2.89. The number of amides is 2. The molecular weight excluding hydrogens is 440 g/mol. The highest BCUT2D eigenvalue weighted by Crippen LogP contribution is 2.36. The molecule has 3 aliphatic rings. The van der Waals surface area contributed by atoms with Crippen LogP contribution in [0, 0.1) is 0 Å². The van der Waals surface area contributed by atoms with Gasteiger partial charge in [-0.05, 0) is 36.4 Å². The maximum atomic E-state index is 13.1. The largest absolute Gasteiger partial charge is 0.454 e. The van der Waals surface area contributed by atoms with Crippen LogP contribution in [0.15, 0.2) is 57.3 Å². The molecule has 11 nitrogen and oxygen atoms in total. The number of carbonyl (C=O) groups excluding carboxylic acids is 2. The summed E-state index contributed by atoms with van der Waals surface area (Å²) in [4.78, 5) is 31.3. The molecule has 160 valence electrons. The second-order valence-electron chi connectivity index (χ2n) is 7.26. The van der Waals surface area contributed by atoms with Crippen molar-refractivity contribution in [1.29, 1.82) is 0 Å². The summed E-state index contributed by atoms with van der Waals surface area (Å²) in [5, 5.41) is 13.8. The molecule has 12 heteroatoms. The normalized spacial score (nSPS) is 21.0. The average Bonchev–Trinajstić information content (AvgIpc) is 3.55. The lowest BCUT2D eigenvalue weighted by atomic mass is 10.1. The predicted octanol–water partition coefficient (Wildman–Crippen LogP) is 2.61. The molecule has 2 aromatic carbocycles. The summed E-state index contributed by atoms with van der Waals surface area (Å²) in [6, 6.07) is 10.0. The van der Waals surface area contributed by atoms with E-state index in [4.69, 9.17) is 25.6 Å². The van der Waals surface area contributed by atoms with Gasteiger partial charge in [-0.3, -0.25) is 14.6 Å². The summed E-state index contributed by atoms with van der Waals surface area (Å²) in [7, 11) is 0. The Morgan fingerprint density at radius 3 is 2.81 bits per heavy atom. The Labute approximate surface area is 185 Å². The zero-order chi connectivity index (χ0) is 21.8. The van der Waals surface area contributed by atoms with E-state index in [0.717, 1.165) is 4.90 Å². The molecule has 0 radical (unpaired) electrons. The van der Waals surface area contributed by atoms with Crippen molar-refractivity contribution in [2.45, 2.75) is 18.6 Å². The van der Waals surface area contributed by atoms with Crippen LogP contribution in [0.1, 0.15) is 5.89 Å². The fraction of sp³-hybridized carbons (Fsp3) is 0.200. The van der Waals surface area contributed by atoms with Gasteiger partial charge in [-0.15, -0.1) is 0 Å². The SMILES string of the molecule is O=C1[C@H]2N=NN(Cc3nc(-c4ccc5c(c4)OCO5)no3)[C@@H]2C(=O)N1c1cccc(Cl)c1. The first-order chi connectivity index (χ1) is 15.6. The monoisotopic (exact) mass is 452 g/mol. The lowest BCUT2D eigenvalue weighted by Gasteiger charge is -2.19. The predicted molar refractivity (Wildman–Crippen MR) is 108 cm³/mol. The minimum absolute atomic E-state index is 0.0185. The number of carbonyl (C=O) groups is 2. The molecular formula is C20H13ClN6O5. The van der Waals surface area contributed by atoms with E-state index in [2.05, 4.69) is 20.5 Å². The highest BCUT2D eigenvalue weighted by molar-refractivity contribution is 6.31. The van der Waals surface area contributed by atoms with Crippen LogP contribution < -0.4 is 14.4 Å². The van der Waals surface area contributed by atoms with Gasteiger partial charge in [-0.25, -0.2) is 4.90 Å². The molecule has 0 N–H and O–H groups in total. The second-order valence-corrected chi connectivity index (χ2v) is 7.70. The summed E-state index contributed by atoms with van der Waals surface area (Å²) in [6.45, 7) is 0.183. The van der Waals surface area contributed by atoms with E-state index in [1.165, 1.54) is 5.01 Å². The van der Waals surface area contributed by atoms with E-state index < -0.39 is 23.9 Å². The molecule has 0 unspecified atom stereocenters. The number of nitrogens with zero attached hydrogens (tertiary/aromatic N) is 6. The van der Waals surface area contributed by atoms with Crippen molar-refractivity contribution >= 4 is 29.1 Å². The van der Waals surface area contributed by atoms with Crippen LogP contribution in [0.25, 0.3) is 11.4 Å². The molecule has 3 aliphatic heterocycles. The molecule has 2 amide bonds. The van der Waals surface area contributed by atoms with Crippen LogP contribution in [-0.2, 0) is 16.1 Å². The van der Waals surface area contributed by atoms with Gasteiger partial charge in [-0.2, -0.15) is 10.1 Å². The molecule has 3 aromatic rings. The number of benzene rings is 2. The smallest absolute Gasteiger partial charge is 0.263 e. The lowest BCUT2D eigenvalue weighted by Crippen LogP contribution is -2.39. The van der Waals surface area contributed by atoms with E-state index in [1.807, 2.05) is 0 Å².